The van der Waals surface area contributed by atoms with Gasteiger partial charge in [0, 0.05) is 18.7 Å². The SMILES string of the molecule is CCCNC(=O)C(=O)Nc1cc([N+](=O)[O-])ccc1OC. The first-order valence-corrected chi connectivity index (χ1v) is 5.91. The summed E-state index contributed by atoms with van der Waals surface area (Å²) < 4.78 is 4.97. The van der Waals surface area contributed by atoms with Crippen molar-refractivity contribution in [1.29, 1.82) is 0 Å². The fourth-order valence-electron chi connectivity index (χ4n) is 1.41. The molecular weight excluding hydrogens is 266 g/mol. The van der Waals surface area contributed by atoms with Crippen LogP contribution >= 0.6 is 0 Å². The van der Waals surface area contributed by atoms with Crippen LogP contribution in [-0.4, -0.2) is 30.4 Å². The third-order valence-corrected chi connectivity index (χ3v) is 2.38. The summed E-state index contributed by atoms with van der Waals surface area (Å²) in [7, 11) is 1.36. The van der Waals surface area contributed by atoms with Crippen molar-refractivity contribution in [2.45, 2.75) is 13.3 Å². The molecule has 8 nitrogen and oxygen atoms in total. The van der Waals surface area contributed by atoms with Crippen LogP contribution in [0.5, 0.6) is 5.75 Å². The number of ether oxygens (including phenoxy) is 1. The average molecular weight is 281 g/mol. The molecule has 1 aromatic carbocycles. The normalized spacial score (nSPS) is 9.70. The van der Waals surface area contributed by atoms with E-state index >= 15 is 0 Å². The van der Waals surface area contributed by atoms with Crippen molar-refractivity contribution in [3.05, 3.63) is 28.3 Å². The molecule has 0 aromatic heterocycles. The van der Waals surface area contributed by atoms with E-state index in [-0.39, 0.29) is 17.1 Å². The maximum absolute atomic E-state index is 11.6. The largest absolute Gasteiger partial charge is 0.495 e. The van der Waals surface area contributed by atoms with Crippen LogP contribution in [0.3, 0.4) is 0 Å². The minimum absolute atomic E-state index is 0.0679. The maximum Gasteiger partial charge on any atom is 0.313 e. The van der Waals surface area contributed by atoms with Gasteiger partial charge < -0.3 is 15.4 Å². The third-order valence-electron chi connectivity index (χ3n) is 2.38. The highest BCUT2D eigenvalue weighted by Gasteiger charge is 2.17. The van der Waals surface area contributed by atoms with Crippen molar-refractivity contribution in [3.8, 4) is 5.75 Å². The van der Waals surface area contributed by atoms with Crippen molar-refractivity contribution in [3.63, 3.8) is 0 Å². The molecule has 20 heavy (non-hydrogen) atoms. The van der Waals surface area contributed by atoms with E-state index in [0.717, 1.165) is 6.07 Å². The van der Waals surface area contributed by atoms with Crippen LogP contribution in [0.4, 0.5) is 11.4 Å². The van der Waals surface area contributed by atoms with Gasteiger partial charge in [-0.1, -0.05) is 6.92 Å². The molecule has 1 rings (SSSR count). The van der Waals surface area contributed by atoms with Crippen LogP contribution in [0, 0.1) is 10.1 Å². The Bertz CT molecular complexity index is 530. The third kappa shape index (κ3) is 3.94. The van der Waals surface area contributed by atoms with Crippen LogP contribution < -0.4 is 15.4 Å². The summed E-state index contributed by atoms with van der Waals surface area (Å²) in [4.78, 5) is 33.1. The van der Waals surface area contributed by atoms with E-state index in [4.69, 9.17) is 4.74 Å². The van der Waals surface area contributed by atoms with Gasteiger partial charge in [-0.05, 0) is 12.5 Å². The first-order valence-electron chi connectivity index (χ1n) is 5.91. The molecule has 0 radical (unpaired) electrons. The van der Waals surface area contributed by atoms with Gasteiger partial charge in [-0.15, -0.1) is 0 Å². The topological polar surface area (TPSA) is 111 Å². The molecule has 0 atom stereocenters. The maximum atomic E-state index is 11.6. The Hall–Kier alpha value is -2.64. The molecule has 2 N–H and O–H groups in total. The second-order valence-electron chi connectivity index (χ2n) is 3.85. The molecule has 1 aromatic rings. The summed E-state index contributed by atoms with van der Waals surface area (Å²) in [6, 6.07) is 3.72. The number of nitrogens with one attached hydrogen (secondary N) is 2. The molecule has 0 fully saturated rings. The van der Waals surface area contributed by atoms with Crippen molar-refractivity contribution >= 4 is 23.2 Å². The summed E-state index contributed by atoms with van der Waals surface area (Å²) in [5.41, 5.74) is -0.145. The lowest BCUT2D eigenvalue weighted by Crippen LogP contribution is -2.35. The number of anilines is 1. The number of carbonyl (C=O) groups is 2. The van der Waals surface area contributed by atoms with E-state index in [1.165, 1.54) is 19.2 Å². The van der Waals surface area contributed by atoms with Crippen LogP contribution in [0.15, 0.2) is 18.2 Å². The minimum atomic E-state index is -0.905. The zero-order valence-electron chi connectivity index (χ0n) is 11.1. The summed E-state index contributed by atoms with van der Waals surface area (Å²) in [5, 5.41) is 15.4. The number of nitro groups is 1. The van der Waals surface area contributed by atoms with Gasteiger partial charge in [-0.2, -0.15) is 0 Å². The number of hydrogen-bond donors (Lipinski definition) is 2. The van der Waals surface area contributed by atoms with Crippen molar-refractivity contribution in [2.75, 3.05) is 19.0 Å². The van der Waals surface area contributed by atoms with Gasteiger partial charge in [-0.25, -0.2) is 0 Å². The second kappa shape index (κ2) is 7.07. The fraction of sp³-hybridized carbons (Fsp3) is 0.333. The van der Waals surface area contributed by atoms with Gasteiger partial charge in [-0.3, -0.25) is 19.7 Å². The second-order valence-corrected chi connectivity index (χ2v) is 3.85. The number of nitrogens with zero attached hydrogens (tertiary/aromatic N) is 1. The van der Waals surface area contributed by atoms with Crippen LogP contribution in [-0.2, 0) is 9.59 Å². The summed E-state index contributed by atoms with van der Waals surface area (Å²) >= 11 is 0. The highest BCUT2D eigenvalue weighted by molar-refractivity contribution is 6.39. The van der Waals surface area contributed by atoms with E-state index in [2.05, 4.69) is 10.6 Å². The number of carbonyl (C=O) groups excluding carboxylic acids is 2. The lowest BCUT2D eigenvalue weighted by Gasteiger charge is -2.09. The Morgan fingerprint density at radius 3 is 2.60 bits per heavy atom. The predicted octanol–water partition coefficient (Wildman–Crippen LogP) is 1.07. The van der Waals surface area contributed by atoms with Gasteiger partial charge in [0.15, 0.2) is 0 Å². The minimum Gasteiger partial charge on any atom is -0.495 e. The molecule has 2 amide bonds. The molecule has 8 heteroatoms. The molecule has 108 valence electrons. The van der Waals surface area contributed by atoms with Crippen molar-refractivity contribution in [1.82, 2.24) is 5.32 Å². The Labute approximate surface area is 115 Å². The molecule has 0 unspecified atom stereocenters. The zero-order valence-corrected chi connectivity index (χ0v) is 11.1. The van der Waals surface area contributed by atoms with Gasteiger partial charge >= 0.3 is 11.8 Å². The van der Waals surface area contributed by atoms with E-state index < -0.39 is 16.7 Å². The Kier molecular flexibility index (Phi) is 5.45. The van der Waals surface area contributed by atoms with E-state index in [1.54, 1.807) is 0 Å². The van der Waals surface area contributed by atoms with Crippen LogP contribution in [0.1, 0.15) is 13.3 Å². The number of rotatable bonds is 5. The Morgan fingerprint density at radius 1 is 1.35 bits per heavy atom. The summed E-state index contributed by atoms with van der Waals surface area (Å²) in [6.07, 6.45) is 0.694. The summed E-state index contributed by atoms with van der Waals surface area (Å²) in [6.45, 7) is 2.22. The zero-order chi connectivity index (χ0) is 15.1. The smallest absolute Gasteiger partial charge is 0.313 e. The molecular formula is C12H15N3O5. The van der Waals surface area contributed by atoms with E-state index in [0.29, 0.717) is 13.0 Å². The Balaban J connectivity index is 2.89. The summed E-state index contributed by atoms with van der Waals surface area (Å²) in [5.74, 6) is -1.48. The standard InChI is InChI=1S/C12H15N3O5/c1-3-6-13-11(16)12(17)14-9-7-8(15(18)19)4-5-10(9)20-2/h4-5,7H,3,6H2,1-2H3,(H,13,16)(H,14,17). The quantitative estimate of drug-likeness (QED) is 0.476. The number of hydrogen-bond acceptors (Lipinski definition) is 5. The molecule has 0 aliphatic carbocycles. The molecule has 0 spiro atoms. The highest BCUT2D eigenvalue weighted by Crippen LogP contribution is 2.28. The highest BCUT2D eigenvalue weighted by atomic mass is 16.6. The number of non-ortho nitro benzene ring substituents is 1. The average Bonchev–Trinajstić information content (AvgIpc) is 2.44. The molecule has 0 bridgehead atoms. The van der Waals surface area contributed by atoms with Crippen molar-refractivity contribution in [2.24, 2.45) is 0 Å². The molecule has 0 saturated heterocycles. The van der Waals surface area contributed by atoms with E-state index in [9.17, 15) is 19.7 Å². The van der Waals surface area contributed by atoms with Gasteiger partial charge in [0.2, 0.25) is 0 Å². The molecule has 0 heterocycles. The van der Waals surface area contributed by atoms with Gasteiger partial charge in [0.25, 0.3) is 5.69 Å². The Morgan fingerprint density at radius 2 is 2.05 bits per heavy atom. The monoisotopic (exact) mass is 281 g/mol. The number of nitro benzene ring substituents is 1. The first kappa shape index (κ1) is 15.4. The molecule has 0 saturated carbocycles. The van der Waals surface area contributed by atoms with Gasteiger partial charge in [0.1, 0.15) is 5.75 Å². The van der Waals surface area contributed by atoms with Gasteiger partial charge in [0.05, 0.1) is 17.7 Å². The van der Waals surface area contributed by atoms with E-state index in [1.807, 2.05) is 6.92 Å². The predicted molar refractivity (Wildman–Crippen MR) is 71.6 cm³/mol. The van der Waals surface area contributed by atoms with Crippen LogP contribution in [0.2, 0.25) is 0 Å². The molecule has 0 aliphatic heterocycles. The number of amides is 2. The number of methoxy groups -OCH3 is 1. The lowest BCUT2D eigenvalue weighted by atomic mass is 10.2. The first-order chi connectivity index (χ1) is 9.49. The van der Waals surface area contributed by atoms with Crippen LogP contribution in [0.25, 0.3) is 0 Å². The number of benzene rings is 1. The molecule has 0 aliphatic rings. The fourth-order valence-corrected chi connectivity index (χ4v) is 1.41. The lowest BCUT2D eigenvalue weighted by molar-refractivity contribution is -0.384. The van der Waals surface area contributed by atoms with Crippen molar-refractivity contribution < 1.29 is 19.2 Å².